The van der Waals surface area contributed by atoms with Crippen molar-refractivity contribution in [1.29, 1.82) is 0 Å². The van der Waals surface area contributed by atoms with Gasteiger partial charge in [0.05, 0.1) is 6.26 Å². The third kappa shape index (κ3) is 6.11. The SMILES string of the molecule is CCSCc1ccc(C(=O)N2CCC[C@H](CNS(C)(=O)=O)C2)cc1. The number of thioether (sulfide) groups is 1. The number of carbonyl (C=O) groups is 1. The Morgan fingerprint density at radius 3 is 2.67 bits per heavy atom. The van der Waals surface area contributed by atoms with Crippen LogP contribution in [0.15, 0.2) is 24.3 Å². The van der Waals surface area contributed by atoms with Crippen LogP contribution in [0.2, 0.25) is 0 Å². The summed E-state index contributed by atoms with van der Waals surface area (Å²) in [5, 5.41) is 0. The quantitative estimate of drug-likeness (QED) is 0.800. The van der Waals surface area contributed by atoms with Crippen molar-refractivity contribution >= 4 is 27.7 Å². The third-order valence-corrected chi connectivity index (χ3v) is 5.75. The van der Waals surface area contributed by atoms with E-state index in [4.69, 9.17) is 0 Å². The van der Waals surface area contributed by atoms with Crippen LogP contribution in [0, 0.1) is 5.92 Å². The molecule has 5 nitrogen and oxygen atoms in total. The molecule has 1 aliphatic rings. The Kier molecular flexibility index (Phi) is 7.13. The van der Waals surface area contributed by atoms with E-state index in [2.05, 4.69) is 11.6 Å². The van der Waals surface area contributed by atoms with Gasteiger partial charge < -0.3 is 4.90 Å². The molecule has 1 aromatic rings. The van der Waals surface area contributed by atoms with Crippen molar-refractivity contribution in [1.82, 2.24) is 9.62 Å². The minimum absolute atomic E-state index is 0.0359. The maximum Gasteiger partial charge on any atom is 0.253 e. The molecule has 1 saturated heterocycles. The first-order valence-corrected chi connectivity index (χ1v) is 11.3. The lowest BCUT2D eigenvalue weighted by Gasteiger charge is -2.32. The van der Waals surface area contributed by atoms with Crippen LogP contribution in [-0.2, 0) is 15.8 Å². The smallest absolute Gasteiger partial charge is 0.253 e. The van der Waals surface area contributed by atoms with E-state index in [1.165, 1.54) is 5.56 Å². The zero-order valence-electron chi connectivity index (χ0n) is 14.3. The van der Waals surface area contributed by atoms with Crippen molar-refractivity contribution in [3.63, 3.8) is 0 Å². The fourth-order valence-corrected chi connectivity index (χ4v) is 4.00. The molecule has 1 N–H and O–H groups in total. The summed E-state index contributed by atoms with van der Waals surface area (Å²) in [5.41, 5.74) is 1.93. The zero-order chi connectivity index (χ0) is 17.6. The predicted molar refractivity (Wildman–Crippen MR) is 99.8 cm³/mol. The average Bonchev–Trinajstić information content (AvgIpc) is 2.57. The van der Waals surface area contributed by atoms with Crippen LogP contribution >= 0.6 is 11.8 Å². The lowest BCUT2D eigenvalue weighted by molar-refractivity contribution is 0.0676. The van der Waals surface area contributed by atoms with E-state index >= 15 is 0 Å². The highest BCUT2D eigenvalue weighted by molar-refractivity contribution is 7.98. The molecule has 1 fully saturated rings. The molecule has 1 heterocycles. The van der Waals surface area contributed by atoms with Gasteiger partial charge in [-0.2, -0.15) is 11.8 Å². The second kappa shape index (κ2) is 8.87. The number of hydrogen-bond acceptors (Lipinski definition) is 4. The number of carbonyl (C=O) groups excluding carboxylic acids is 1. The standard InChI is InChI=1S/C17H26N2O3S2/c1-3-23-13-14-6-8-16(9-7-14)17(20)19-10-4-5-15(12-19)11-18-24(2,21)22/h6-9,15,18H,3-5,10-13H2,1-2H3/t15-/m1/s1. The van der Waals surface area contributed by atoms with E-state index in [9.17, 15) is 13.2 Å². The summed E-state index contributed by atoms with van der Waals surface area (Å²) >= 11 is 1.86. The number of likely N-dealkylation sites (tertiary alicyclic amines) is 1. The second-order valence-electron chi connectivity index (χ2n) is 6.21. The molecule has 1 aromatic carbocycles. The van der Waals surface area contributed by atoms with E-state index in [0.29, 0.717) is 18.7 Å². The lowest BCUT2D eigenvalue weighted by atomic mass is 9.97. The van der Waals surface area contributed by atoms with Gasteiger partial charge in [-0.15, -0.1) is 0 Å². The molecule has 1 amide bonds. The third-order valence-electron chi connectivity index (χ3n) is 4.11. The zero-order valence-corrected chi connectivity index (χ0v) is 16.0. The molecule has 7 heteroatoms. The number of nitrogens with zero attached hydrogens (tertiary/aromatic N) is 1. The number of sulfonamides is 1. The van der Waals surface area contributed by atoms with Gasteiger partial charge in [0, 0.05) is 31.0 Å². The van der Waals surface area contributed by atoms with Crippen molar-refractivity contribution in [2.75, 3.05) is 31.6 Å². The molecule has 0 aromatic heterocycles. The van der Waals surface area contributed by atoms with E-state index in [1.54, 1.807) is 0 Å². The van der Waals surface area contributed by atoms with Crippen molar-refractivity contribution in [2.45, 2.75) is 25.5 Å². The maximum absolute atomic E-state index is 12.7. The first kappa shape index (κ1) is 19.3. The predicted octanol–water partition coefficient (Wildman–Crippen LogP) is 2.34. The normalized spacial score (nSPS) is 18.6. The summed E-state index contributed by atoms with van der Waals surface area (Å²) < 4.78 is 25.0. The van der Waals surface area contributed by atoms with Crippen molar-refractivity contribution in [3.8, 4) is 0 Å². The Morgan fingerprint density at radius 2 is 2.04 bits per heavy atom. The molecule has 2 rings (SSSR count). The summed E-state index contributed by atoms with van der Waals surface area (Å²) in [6.45, 7) is 3.88. The van der Waals surface area contributed by atoms with Gasteiger partial charge in [0.2, 0.25) is 10.0 Å². The van der Waals surface area contributed by atoms with Gasteiger partial charge in [0.15, 0.2) is 0 Å². The number of nitrogens with one attached hydrogen (secondary N) is 1. The van der Waals surface area contributed by atoms with Crippen LogP contribution in [0.5, 0.6) is 0 Å². The Balaban J connectivity index is 1.93. The minimum atomic E-state index is -3.18. The van der Waals surface area contributed by atoms with E-state index < -0.39 is 10.0 Å². The summed E-state index contributed by atoms with van der Waals surface area (Å²) in [6.07, 6.45) is 3.02. The number of rotatable bonds is 7. The fraction of sp³-hybridized carbons (Fsp3) is 0.588. The molecular formula is C17H26N2O3S2. The number of piperidine rings is 1. The Hall–Kier alpha value is -1.05. The van der Waals surface area contributed by atoms with Gasteiger partial charge in [-0.05, 0) is 42.2 Å². The lowest BCUT2D eigenvalue weighted by Crippen LogP contribution is -2.43. The van der Waals surface area contributed by atoms with Crippen LogP contribution in [0.3, 0.4) is 0 Å². The van der Waals surface area contributed by atoms with E-state index in [1.807, 2.05) is 40.9 Å². The molecule has 0 saturated carbocycles. The van der Waals surface area contributed by atoms with Crippen LogP contribution < -0.4 is 4.72 Å². The second-order valence-corrected chi connectivity index (χ2v) is 9.32. The molecule has 0 aliphatic carbocycles. The molecule has 0 bridgehead atoms. The molecule has 0 spiro atoms. The summed E-state index contributed by atoms with van der Waals surface area (Å²) in [5.74, 6) is 2.26. The van der Waals surface area contributed by atoms with Crippen LogP contribution in [0.1, 0.15) is 35.7 Å². The largest absolute Gasteiger partial charge is 0.338 e. The monoisotopic (exact) mass is 370 g/mol. The highest BCUT2D eigenvalue weighted by Gasteiger charge is 2.25. The van der Waals surface area contributed by atoms with E-state index in [0.717, 1.165) is 37.1 Å². The van der Waals surface area contributed by atoms with Gasteiger partial charge >= 0.3 is 0 Å². The molecule has 1 atom stereocenters. The molecule has 1 aliphatic heterocycles. The van der Waals surface area contributed by atoms with Crippen LogP contribution in [-0.4, -0.2) is 50.9 Å². The van der Waals surface area contributed by atoms with Crippen molar-refractivity contribution < 1.29 is 13.2 Å². The summed E-state index contributed by atoms with van der Waals surface area (Å²) in [7, 11) is -3.18. The Morgan fingerprint density at radius 1 is 1.33 bits per heavy atom. The van der Waals surface area contributed by atoms with Crippen molar-refractivity contribution in [2.24, 2.45) is 5.92 Å². The van der Waals surface area contributed by atoms with Gasteiger partial charge in [-0.3, -0.25) is 4.79 Å². The van der Waals surface area contributed by atoms with Gasteiger partial charge in [0.25, 0.3) is 5.91 Å². The molecule has 134 valence electrons. The number of amides is 1. The molecule has 24 heavy (non-hydrogen) atoms. The summed E-state index contributed by atoms with van der Waals surface area (Å²) in [4.78, 5) is 14.5. The maximum atomic E-state index is 12.7. The number of hydrogen-bond donors (Lipinski definition) is 1. The highest BCUT2D eigenvalue weighted by atomic mass is 32.2. The fourth-order valence-electron chi connectivity index (χ4n) is 2.83. The van der Waals surface area contributed by atoms with Gasteiger partial charge in [-0.1, -0.05) is 19.1 Å². The highest BCUT2D eigenvalue weighted by Crippen LogP contribution is 2.19. The van der Waals surface area contributed by atoms with E-state index in [-0.39, 0.29) is 11.8 Å². The molecule has 0 unspecified atom stereocenters. The number of benzene rings is 1. The Labute approximate surface area is 149 Å². The Bertz CT molecular complexity index is 644. The molecular weight excluding hydrogens is 344 g/mol. The van der Waals surface area contributed by atoms with Gasteiger partial charge in [-0.25, -0.2) is 13.1 Å². The van der Waals surface area contributed by atoms with Crippen LogP contribution in [0.25, 0.3) is 0 Å². The summed E-state index contributed by atoms with van der Waals surface area (Å²) in [6, 6.07) is 7.82. The van der Waals surface area contributed by atoms with Crippen LogP contribution in [0.4, 0.5) is 0 Å². The first-order valence-electron chi connectivity index (χ1n) is 8.29. The van der Waals surface area contributed by atoms with Gasteiger partial charge in [0.1, 0.15) is 0 Å². The van der Waals surface area contributed by atoms with Crippen molar-refractivity contribution in [3.05, 3.63) is 35.4 Å². The first-order chi connectivity index (χ1) is 11.4. The average molecular weight is 371 g/mol. The minimum Gasteiger partial charge on any atom is -0.338 e. The molecule has 0 radical (unpaired) electrons. The topological polar surface area (TPSA) is 66.5 Å².